The van der Waals surface area contributed by atoms with E-state index in [0.29, 0.717) is 17.7 Å². The lowest BCUT2D eigenvalue weighted by molar-refractivity contribution is 0.0953. The van der Waals surface area contributed by atoms with E-state index < -0.39 is 9.84 Å². The van der Waals surface area contributed by atoms with Gasteiger partial charge in [-0.3, -0.25) is 4.79 Å². The van der Waals surface area contributed by atoms with Crippen molar-refractivity contribution in [3.05, 3.63) is 35.4 Å². The van der Waals surface area contributed by atoms with E-state index in [-0.39, 0.29) is 11.7 Å². The number of rotatable bonds is 5. The predicted octanol–water partition coefficient (Wildman–Crippen LogP) is 1.37. The van der Waals surface area contributed by atoms with E-state index >= 15 is 0 Å². The molecule has 0 radical (unpaired) electrons. The average Bonchev–Trinajstić information content (AvgIpc) is 2.24. The molecule has 0 heterocycles. The first-order chi connectivity index (χ1) is 7.92. The molecule has 0 fully saturated rings. The molecule has 0 aromatic heterocycles. The maximum absolute atomic E-state index is 11.7. The number of sulfone groups is 1. The minimum Gasteiger partial charge on any atom is -0.352 e. The molecule has 1 amide bonds. The van der Waals surface area contributed by atoms with Gasteiger partial charge >= 0.3 is 0 Å². The van der Waals surface area contributed by atoms with E-state index in [0.717, 1.165) is 6.42 Å². The third kappa shape index (κ3) is 4.99. The van der Waals surface area contributed by atoms with Crippen LogP contribution in [0, 0.1) is 0 Å². The Morgan fingerprint density at radius 2 is 2.06 bits per heavy atom. The van der Waals surface area contributed by atoms with E-state index in [1.807, 2.05) is 6.92 Å². The van der Waals surface area contributed by atoms with Crippen LogP contribution in [0.3, 0.4) is 0 Å². The SMILES string of the molecule is CCCNC(=O)c1cccc(CS(C)(=O)=O)c1. The molecular weight excluding hydrogens is 238 g/mol. The Balaban J connectivity index is 2.82. The van der Waals surface area contributed by atoms with Crippen LogP contribution in [0.5, 0.6) is 0 Å². The van der Waals surface area contributed by atoms with Crippen molar-refractivity contribution < 1.29 is 13.2 Å². The van der Waals surface area contributed by atoms with Crippen molar-refractivity contribution in [3.8, 4) is 0 Å². The molecule has 0 aliphatic carbocycles. The van der Waals surface area contributed by atoms with Gasteiger partial charge in [-0.1, -0.05) is 19.1 Å². The Hall–Kier alpha value is -1.36. The molecule has 4 nitrogen and oxygen atoms in total. The van der Waals surface area contributed by atoms with Crippen LogP contribution in [0.15, 0.2) is 24.3 Å². The van der Waals surface area contributed by atoms with Gasteiger partial charge in [-0.25, -0.2) is 8.42 Å². The van der Waals surface area contributed by atoms with Gasteiger partial charge in [0.2, 0.25) is 0 Å². The third-order valence-electron chi connectivity index (χ3n) is 2.15. The van der Waals surface area contributed by atoms with Crippen LogP contribution in [-0.4, -0.2) is 27.1 Å². The number of carbonyl (C=O) groups excluding carboxylic acids is 1. The molecule has 17 heavy (non-hydrogen) atoms. The van der Waals surface area contributed by atoms with Crippen molar-refractivity contribution in [1.82, 2.24) is 5.32 Å². The summed E-state index contributed by atoms with van der Waals surface area (Å²) in [4.78, 5) is 11.7. The van der Waals surface area contributed by atoms with Gasteiger partial charge in [-0.05, 0) is 24.1 Å². The fraction of sp³-hybridized carbons (Fsp3) is 0.417. The minimum absolute atomic E-state index is 0.0398. The van der Waals surface area contributed by atoms with Crippen LogP contribution in [0.25, 0.3) is 0 Å². The summed E-state index contributed by atoms with van der Waals surface area (Å²) in [6.45, 7) is 2.59. The summed E-state index contributed by atoms with van der Waals surface area (Å²) in [5, 5.41) is 2.75. The van der Waals surface area contributed by atoms with Crippen LogP contribution in [0.1, 0.15) is 29.3 Å². The van der Waals surface area contributed by atoms with Gasteiger partial charge < -0.3 is 5.32 Å². The Kier molecular flexibility index (Phi) is 4.69. The second kappa shape index (κ2) is 5.82. The number of amides is 1. The molecular formula is C12H17NO3S. The molecule has 0 aliphatic rings. The molecule has 1 aromatic rings. The van der Waals surface area contributed by atoms with Crippen LogP contribution >= 0.6 is 0 Å². The zero-order valence-electron chi connectivity index (χ0n) is 10.1. The third-order valence-corrected chi connectivity index (χ3v) is 3.01. The summed E-state index contributed by atoms with van der Waals surface area (Å²) in [5.41, 5.74) is 1.14. The number of hydrogen-bond acceptors (Lipinski definition) is 3. The van der Waals surface area contributed by atoms with E-state index in [2.05, 4.69) is 5.32 Å². The van der Waals surface area contributed by atoms with Crippen molar-refractivity contribution >= 4 is 15.7 Å². The van der Waals surface area contributed by atoms with Crippen molar-refractivity contribution in [2.24, 2.45) is 0 Å². The molecule has 0 unspecified atom stereocenters. The van der Waals surface area contributed by atoms with E-state index in [4.69, 9.17) is 0 Å². The molecule has 1 rings (SSSR count). The first-order valence-electron chi connectivity index (χ1n) is 5.47. The van der Waals surface area contributed by atoms with E-state index in [1.165, 1.54) is 6.26 Å². The average molecular weight is 255 g/mol. The fourth-order valence-corrected chi connectivity index (χ4v) is 2.23. The van der Waals surface area contributed by atoms with Gasteiger partial charge in [0.15, 0.2) is 9.84 Å². The highest BCUT2D eigenvalue weighted by atomic mass is 32.2. The Bertz CT molecular complexity index is 494. The van der Waals surface area contributed by atoms with Crippen LogP contribution < -0.4 is 5.32 Å². The monoisotopic (exact) mass is 255 g/mol. The standard InChI is InChI=1S/C12H17NO3S/c1-3-7-13-12(14)11-6-4-5-10(8-11)9-17(2,15)16/h4-6,8H,3,7,9H2,1-2H3,(H,13,14). The molecule has 0 spiro atoms. The highest BCUT2D eigenvalue weighted by molar-refractivity contribution is 7.89. The lowest BCUT2D eigenvalue weighted by atomic mass is 10.1. The van der Waals surface area contributed by atoms with E-state index in [1.54, 1.807) is 24.3 Å². The number of hydrogen-bond donors (Lipinski definition) is 1. The highest BCUT2D eigenvalue weighted by Crippen LogP contribution is 2.08. The topological polar surface area (TPSA) is 63.2 Å². The molecule has 0 bridgehead atoms. The molecule has 0 aliphatic heterocycles. The van der Waals surface area contributed by atoms with Gasteiger partial charge in [-0.15, -0.1) is 0 Å². The van der Waals surface area contributed by atoms with Crippen LogP contribution in [0.4, 0.5) is 0 Å². The van der Waals surface area contributed by atoms with E-state index in [9.17, 15) is 13.2 Å². The van der Waals surface area contributed by atoms with Crippen molar-refractivity contribution in [3.63, 3.8) is 0 Å². The summed E-state index contributed by atoms with van der Waals surface area (Å²) in [6.07, 6.45) is 2.05. The molecule has 0 saturated heterocycles. The zero-order valence-corrected chi connectivity index (χ0v) is 10.9. The number of nitrogens with one attached hydrogen (secondary N) is 1. The normalized spacial score (nSPS) is 11.2. The maximum Gasteiger partial charge on any atom is 0.251 e. The minimum atomic E-state index is -3.07. The Morgan fingerprint density at radius 1 is 1.35 bits per heavy atom. The molecule has 5 heteroatoms. The summed E-state index contributed by atoms with van der Waals surface area (Å²) in [5.74, 6) is -0.204. The second-order valence-electron chi connectivity index (χ2n) is 4.03. The molecule has 0 atom stereocenters. The number of carbonyl (C=O) groups is 1. The summed E-state index contributed by atoms with van der Waals surface area (Å²) in [7, 11) is -3.07. The molecule has 1 aromatic carbocycles. The number of benzene rings is 1. The van der Waals surface area contributed by atoms with Gasteiger partial charge in [0.1, 0.15) is 0 Å². The van der Waals surface area contributed by atoms with Crippen molar-refractivity contribution in [2.75, 3.05) is 12.8 Å². The van der Waals surface area contributed by atoms with Crippen molar-refractivity contribution in [2.45, 2.75) is 19.1 Å². The van der Waals surface area contributed by atoms with Gasteiger partial charge in [0, 0.05) is 18.4 Å². The Labute approximate surface area is 102 Å². The Morgan fingerprint density at radius 3 is 2.65 bits per heavy atom. The van der Waals surface area contributed by atoms with Gasteiger partial charge in [-0.2, -0.15) is 0 Å². The quantitative estimate of drug-likeness (QED) is 0.864. The molecule has 1 N–H and O–H groups in total. The largest absolute Gasteiger partial charge is 0.352 e. The highest BCUT2D eigenvalue weighted by Gasteiger charge is 2.08. The zero-order chi connectivity index (χ0) is 12.9. The summed E-state index contributed by atoms with van der Waals surface area (Å²) < 4.78 is 22.3. The van der Waals surface area contributed by atoms with Gasteiger partial charge in [0.25, 0.3) is 5.91 Å². The second-order valence-corrected chi connectivity index (χ2v) is 6.17. The maximum atomic E-state index is 11.7. The van der Waals surface area contributed by atoms with Gasteiger partial charge in [0.05, 0.1) is 5.75 Å². The molecule has 94 valence electrons. The molecule has 0 saturated carbocycles. The lowest BCUT2D eigenvalue weighted by Crippen LogP contribution is -2.24. The first-order valence-corrected chi connectivity index (χ1v) is 7.53. The van der Waals surface area contributed by atoms with Crippen LogP contribution in [0.2, 0.25) is 0 Å². The summed E-state index contributed by atoms with van der Waals surface area (Å²) in [6, 6.07) is 6.70. The first kappa shape index (κ1) is 13.7. The lowest BCUT2D eigenvalue weighted by Gasteiger charge is -2.05. The summed E-state index contributed by atoms with van der Waals surface area (Å²) >= 11 is 0. The fourth-order valence-electron chi connectivity index (χ4n) is 1.45. The smallest absolute Gasteiger partial charge is 0.251 e. The van der Waals surface area contributed by atoms with Crippen LogP contribution in [-0.2, 0) is 15.6 Å². The van der Waals surface area contributed by atoms with Crippen molar-refractivity contribution in [1.29, 1.82) is 0 Å². The predicted molar refractivity (Wildman–Crippen MR) is 67.6 cm³/mol.